The van der Waals surface area contributed by atoms with Crippen molar-refractivity contribution in [3.8, 4) is 0 Å². The van der Waals surface area contributed by atoms with Gasteiger partial charge in [0.1, 0.15) is 55.6 Å². The van der Waals surface area contributed by atoms with Gasteiger partial charge in [0.05, 0.1) is 40.1 Å². The summed E-state index contributed by atoms with van der Waals surface area (Å²) in [5.74, 6) is -5.89. The number of aryl methyl sites for hydroxylation is 2. The quantitative estimate of drug-likeness (QED) is 0.0178. The van der Waals surface area contributed by atoms with E-state index in [0.29, 0.717) is 58.2 Å². The van der Waals surface area contributed by atoms with Gasteiger partial charge in [0.2, 0.25) is 27.6 Å². The fraction of sp³-hybridized carbons (Fsp3) is 0.500. The molecule has 34 nitrogen and oxygen atoms in total. The summed E-state index contributed by atoms with van der Waals surface area (Å²) in [4.78, 5) is 75.1. The number of likely N-dealkylation sites (tertiary alicyclic amines) is 2. The van der Waals surface area contributed by atoms with Crippen molar-refractivity contribution in [2.24, 2.45) is 67.2 Å². The van der Waals surface area contributed by atoms with E-state index in [0.717, 1.165) is 70.0 Å². The zero-order valence-electron chi connectivity index (χ0n) is 66.3. The molecule has 4 amide bonds. The van der Waals surface area contributed by atoms with Crippen LogP contribution in [0.5, 0.6) is 0 Å². The van der Waals surface area contributed by atoms with E-state index in [-0.39, 0.29) is 78.9 Å². The number of aliphatic carboxylic acids is 2. The predicted octanol–water partition coefficient (Wildman–Crippen LogP) is 9.20. The molecule has 0 aliphatic carbocycles. The van der Waals surface area contributed by atoms with Crippen LogP contribution in [0.2, 0.25) is 10.0 Å². The number of ether oxygens (including phenoxy) is 7. The summed E-state index contributed by atoms with van der Waals surface area (Å²) in [5, 5.41) is 37.0. The first-order valence-electron chi connectivity index (χ1n) is 37.1. The number of guanidine groups is 1. The zero-order valence-corrected chi connectivity index (χ0v) is 71.1. The maximum absolute atomic E-state index is 11.2. The molecule has 3 aromatic heterocycles. The van der Waals surface area contributed by atoms with Crippen molar-refractivity contribution in [2.75, 3.05) is 52.6 Å². The van der Waals surface area contributed by atoms with Crippen molar-refractivity contribution in [3.63, 3.8) is 0 Å². The summed E-state index contributed by atoms with van der Waals surface area (Å²) >= 11 is 15.4. The van der Waals surface area contributed by atoms with Crippen molar-refractivity contribution < 1.29 is 97.7 Å². The van der Waals surface area contributed by atoms with Crippen molar-refractivity contribution in [3.05, 3.63) is 155 Å². The smallest absolute Gasteiger partial charge is 0.404 e. The summed E-state index contributed by atoms with van der Waals surface area (Å²) < 4.78 is 91.9. The summed E-state index contributed by atoms with van der Waals surface area (Å²) in [6.45, 7) is 20.3. The number of carbonyl (C=O) groups excluding carboxylic acids is 4. The number of carboxylic acid groups (broad SMARTS) is 2. The Morgan fingerprint density at radius 2 is 1.37 bits per heavy atom. The minimum absolute atomic E-state index is 0.0100. The van der Waals surface area contributed by atoms with Crippen molar-refractivity contribution >= 4 is 130 Å². The number of carboxylic acids is 2. The van der Waals surface area contributed by atoms with E-state index in [1.54, 1.807) is 97.7 Å². The summed E-state index contributed by atoms with van der Waals surface area (Å²) in [6, 6.07) is 25.2. The van der Waals surface area contributed by atoms with Gasteiger partial charge in [0.15, 0.2) is 28.9 Å². The van der Waals surface area contributed by atoms with Crippen LogP contribution in [0.4, 0.5) is 9.59 Å². The number of amides is 4. The van der Waals surface area contributed by atoms with Crippen LogP contribution in [0.25, 0.3) is 22.2 Å². The number of primary amides is 3. The molecular formula is C76H109Cl2N13O21S4. The van der Waals surface area contributed by atoms with Crippen LogP contribution in [0.3, 0.4) is 0 Å². The number of halogens is 2. The molecule has 3 aromatic carbocycles. The molecule has 642 valence electrons. The number of hydrogen-bond acceptors (Lipinski definition) is 26. The number of nitrogens with zero attached hydrogens (tertiary/aromatic N) is 4. The van der Waals surface area contributed by atoms with Crippen LogP contribution in [-0.4, -0.2) is 178 Å². The van der Waals surface area contributed by atoms with E-state index in [4.69, 9.17) is 121 Å². The molecule has 6 atom stereocenters. The van der Waals surface area contributed by atoms with Gasteiger partial charge in [-0.05, 0) is 151 Å². The number of fused-ring (bicyclic) bond motifs is 4. The zero-order chi connectivity index (χ0) is 86.5. The van der Waals surface area contributed by atoms with Crippen LogP contribution < -0.4 is 50.4 Å². The lowest BCUT2D eigenvalue weighted by atomic mass is 9.98. The van der Waals surface area contributed by atoms with Crippen LogP contribution in [0, 0.1) is 25.7 Å². The fourth-order valence-corrected chi connectivity index (χ4v) is 16.2. The number of aliphatic imine (C=N–C) groups is 1. The third-order valence-electron chi connectivity index (χ3n) is 18.1. The van der Waals surface area contributed by atoms with Gasteiger partial charge in [-0.3, -0.25) is 23.4 Å². The SMILES string of the molecule is CC1(C)O[C@@H]2[C@@H](CO[C@@]3(COS(N)(=O)=O)OC(C)(C)O[C@@H]23)O1.CCCC(CCC)C(=O)O.CC[C@@H](C(N)=O)N1CCCC1=O.Cc1ccsc1C(=CCCN1CCC[C@@H](C(=O)O)C1)c1sccc1C.NC(=O)OCC(COC(N)=O)c1ccccc1.NC(N)=N/C(N)=C(\N)c1cccc(Cl)c1Cl.NS(=O)(=O)Cc1noc2ccccc12. The van der Waals surface area contributed by atoms with Crippen LogP contribution in [0.15, 0.2) is 117 Å². The third-order valence-corrected chi connectivity index (χ3v) is 22.1. The molecule has 0 spiro atoms. The first-order valence-corrected chi connectivity index (χ1v) is 42.8. The lowest BCUT2D eigenvalue weighted by Gasteiger charge is -2.40. The van der Waals surface area contributed by atoms with E-state index in [1.807, 2.05) is 51.1 Å². The lowest BCUT2D eigenvalue weighted by Crippen LogP contribution is -2.60. The number of rotatable bonds is 26. The van der Waals surface area contributed by atoms with Gasteiger partial charge in [-0.2, -0.15) is 13.4 Å². The Bertz CT molecular complexity index is 4500. The first kappa shape index (κ1) is 98.0. The van der Waals surface area contributed by atoms with Gasteiger partial charge in [0.25, 0.3) is 0 Å². The van der Waals surface area contributed by atoms with Crippen LogP contribution >= 0.6 is 45.9 Å². The van der Waals surface area contributed by atoms with Gasteiger partial charge in [-0.1, -0.05) is 123 Å². The van der Waals surface area contributed by atoms with Gasteiger partial charge < -0.3 is 97.8 Å². The fourth-order valence-electron chi connectivity index (χ4n) is 12.8. The van der Waals surface area contributed by atoms with E-state index >= 15 is 0 Å². The number of primary sulfonamides is 1. The van der Waals surface area contributed by atoms with Gasteiger partial charge in [-0.15, -0.1) is 22.7 Å². The topological polar surface area (TPSA) is 564 Å². The third kappa shape index (κ3) is 31.7. The van der Waals surface area contributed by atoms with Crippen molar-refractivity contribution in [2.45, 2.75) is 180 Å². The Morgan fingerprint density at radius 1 is 0.767 bits per heavy atom. The Morgan fingerprint density at radius 3 is 1.88 bits per heavy atom. The molecule has 5 aliphatic heterocycles. The second kappa shape index (κ2) is 46.0. The highest BCUT2D eigenvalue weighted by Gasteiger charge is 2.66. The van der Waals surface area contributed by atoms with Gasteiger partial charge in [-0.25, -0.2) is 28.3 Å². The number of benzene rings is 3. The number of nitrogens with two attached hydrogens (primary N) is 9. The Balaban J connectivity index is 0.000000246. The molecule has 11 rings (SSSR count). The molecule has 40 heteroatoms. The second-order valence-corrected chi connectivity index (χ2v) is 33.6. The molecule has 8 heterocycles. The standard InChI is InChI=1S/C20H25NO2S2.C12H21NO8S.C11H14N2O4.C9H11Cl2N5.C8H8N2O3S.C8H14N2O2.C8H16O2/c1-14-7-11-24-18(14)17(19-15(2)8-12-25-19)6-4-10-21-9-3-5-16(13-21)20(22)23;1-10(2)18-7-5-16-12(6-17-22(13,14)15)9(8(7)19-10)20-11(3,4)21-12;12-10(14)16-6-9(7-17-11(13)15)8-4-2-1-3-5-8;10-5-3-1-2-4(6(5)11)7(12)8(13)16-9(14)15;9-14(11,12)5-7-6-3-1-2-4-8(6)13-10-7;1-2-6(8(9)12)10-5-3-4-7(10)11;1-3-5-7(6-4-2)8(9)10/h6-8,11-12,16H,3-5,9-10,13H2,1-2H3,(H,22,23);7-9H,5-6H2,1-4H3,(H2,13,14,15);1-5,9H,6-7H2,(H2,12,14)(H2,13,15);1-3H,12-13H2,(H4,14,15,16);1-4H,5H2,(H2,9,11,12);6H,2-5H2,1H3,(H2,9,12);7H,3-6H2,1-2H3,(H,9,10)/b;;;8-7-;;;/t16-;7-,8-,9+,12+;;;;6-;/m11...0./s1. The minimum Gasteiger partial charge on any atom is -0.481 e. The maximum atomic E-state index is 11.2. The Labute approximate surface area is 693 Å². The number of carbonyl (C=O) groups is 6. The second-order valence-electron chi connectivity index (χ2n) is 28.2. The number of piperidine rings is 1. The first-order chi connectivity index (χ1) is 54.4. The number of hydrogen-bond donors (Lipinski definition) is 11. The Kier molecular flexibility index (Phi) is 38.8. The highest BCUT2D eigenvalue weighted by Crippen LogP contribution is 2.48. The molecule has 5 fully saturated rings. The molecule has 20 N–H and O–H groups in total. The number of sulfonamides is 1. The molecule has 116 heavy (non-hydrogen) atoms. The molecular weight excluding hydrogens is 1630 g/mol. The highest BCUT2D eigenvalue weighted by molar-refractivity contribution is 7.88. The van der Waals surface area contributed by atoms with E-state index < -0.39 is 86.5 Å². The Hall–Kier alpha value is -8.58. The number of aromatic nitrogens is 1. The van der Waals surface area contributed by atoms with Crippen LogP contribution in [0.1, 0.15) is 156 Å². The summed E-state index contributed by atoms with van der Waals surface area (Å²) in [7, 11) is -7.70. The van der Waals surface area contributed by atoms with E-state index in [1.165, 1.54) is 26.5 Å². The van der Waals surface area contributed by atoms with Crippen LogP contribution in [-0.2, 0) is 82.6 Å². The maximum Gasteiger partial charge on any atom is 0.404 e. The lowest BCUT2D eigenvalue weighted by molar-refractivity contribution is -0.290. The predicted molar refractivity (Wildman–Crippen MR) is 442 cm³/mol. The molecule has 0 saturated carbocycles. The number of thiophene rings is 2. The average Bonchev–Trinajstić information content (AvgIpc) is 1.57. The van der Waals surface area contributed by atoms with Gasteiger partial charge in [0, 0.05) is 52.3 Å². The molecule has 0 unspecified atom stereocenters. The molecule has 0 radical (unpaired) electrons. The minimum atomic E-state index is -4.14. The molecule has 5 aliphatic rings. The van der Waals surface area contributed by atoms with Crippen molar-refractivity contribution in [1.82, 2.24) is 15.0 Å². The largest absolute Gasteiger partial charge is 0.481 e. The van der Waals surface area contributed by atoms with E-state index in [9.17, 15) is 50.7 Å². The molecule has 0 bridgehead atoms. The van der Waals surface area contributed by atoms with Crippen molar-refractivity contribution in [1.29, 1.82) is 0 Å². The summed E-state index contributed by atoms with van der Waals surface area (Å²) in [5.41, 5.74) is 43.0. The van der Waals surface area contributed by atoms with Gasteiger partial charge >= 0.3 is 34.4 Å². The molecule has 6 aromatic rings. The average molecular weight is 1740 g/mol. The summed E-state index contributed by atoms with van der Waals surface area (Å²) in [6.07, 6.45) is 7.47. The highest BCUT2D eigenvalue weighted by atomic mass is 35.5. The van der Waals surface area contributed by atoms with E-state index in [2.05, 4.69) is 57.9 Å². The molecule has 5 saturated heterocycles. The monoisotopic (exact) mass is 1740 g/mol. The number of para-hydroxylation sites is 1. The normalized spacial score (nSPS) is 19.5.